The van der Waals surface area contributed by atoms with Gasteiger partial charge in [-0.3, -0.25) is 9.59 Å². The highest BCUT2D eigenvalue weighted by Crippen LogP contribution is 2.38. The van der Waals surface area contributed by atoms with Crippen LogP contribution in [0.3, 0.4) is 0 Å². The molecule has 0 bridgehead atoms. The van der Waals surface area contributed by atoms with Gasteiger partial charge in [0.2, 0.25) is 11.7 Å². The van der Waals surface area contributed by atoms with Gasteiger partial charge in [0.25, 0.3) is 5.91 Å². The Morgan fingerprint density at radius 1 is 1.11 bits per heavy atom. The molecule has 0 spiro atoms. The largest absolute Gasteiger partial charge is 0.493 e. The molecule has 1 aromatic carbocycles. The Bertz CT molecular complexity index is 705. The lowest BCUT2D eigenvalue weighted by Crippen LogP contribution is -2.40. The Hall–Kier alpha value is -2.19. The quantitative estimate of drug-likeness (QED) is 0.722. The summed E-state index contributed by atoms with van der Waals surface area (Å²) in [6, 6.07) is 3.29. The van der Waals surface area contributed by atoms with E-state index in [1.165, 1.54) is 21.3 Å². The summed E-state index contributed by atoms with van der Waals surface area (Å²) in [5.41, 5.74) is 6.45. The number of nitrogens with one attached hydrogen (secondary N) is 1. The molecule has 8 nitrogen and oxygen atoms in total. The van der Waals surface area contributed by atoms with E-state index in [1.807, 2.05) is 4.90 Å². The standard InChI is InChI=1S/C19H27N3O5.ClH/c1-25-15-6-12(7-16(26-2)18(15)27-3)19(24)21-8-17(23)22-9-11-4-5-14(20)13(11)10-22;/h6-7,11,13-14H,4-5,8-10,20H2,1-3H3,(H,21,24);1H. The smallest absolute Gasteiger partial charge is 0.251 e. The number of nitrogens with zero attached hydrogens (tertiary/aromatic N) is 1. The first-order valence-electron chi connectivity index (χ1n) is 9.10. The van der Waals surface area contributed by atoms with Gasteiger partial charge in [0.1, 0.15) is 0 Å². The Balaban J connectivity index is 0.00000280. The summed E-state index contributed by atoms with van der Waals surface area (Å²) in [7, 11) is 4.46. The number of likely N-dealkylation sites (tertiary alicyclic amines) is 1. The lowest BCUT2D eigenvalue weighted by atomic mass is 9.98. The van der Waals surface area contributed by atoms with Crippen LogP contribution in [-0.4, -0.2) is 63.7 Å². The third kappa shape index (κ3) is 4.28. The average Bonchev–Trinajstić information content (AvgIpc) is 3.26. The third-order valence-electron chi connectivity index (χ3n) is 5.59. The normalized spacial score (nSPS) is 22.9. The van der Waals surface area contributed by atoms with E-state index >= 15 is 0 Å². The molecule has 1 saturated heterocycles. The first-order chi connectivity index (χ1) is 13.0. The fourth-order valence-corrected chi connectivity index (χ4v) is 4.09. The molecule has 3 N–H and O–H groups in total. The Kier molecular flexibility index (Phi) is 7.37. The van der Waals surface area contributed by atoms with Crippen molar-refractivity contribution in [2.24, 2.45) is 17.6 Å². The van der Waals surface area contributed by atoms with E-state index in [0.29, 0.717) is 41.2 Å². The zero-order valence-corrected chi connectivity index (χ0v) is 17.2. The Morgan fingerprint density at radius 2 is 1.75 bits per heavy atom. The maximum atomic E-state index is 12.5. The van der Waals surface area contributed by atoms with Crippen LogP contribution in [0.4, 0.5) is 0 Å². The van der Waals surface area contributed by atoms with Crippen LogP contribution in [0.2, 0.25) is 0 Å². The Morgan fingerprint density at radius 3 is 2.29 bits per heavy atom. The maximum absolute atomic E-state index is 12.5. The second-order valence-electron chi connectivity index (χ2n) is 7.06. The van der Waals surface area contributed by atoms with Crippen molar-refractivity contribution >= 4 is 24.2 Å². The number of amides is 2. The van der Waals surface area contributed by atoms with Gasteiger partial charge in [-0.05, 0) is 36.8 Å². The molecule has 3 unspecified atom stereocenters. The van der Waals surface area contributed by atoms with Crippen LogP contribution in [0.5, 0.6) is 17.2 Å². The number of ether oxygens (including phenoxy) is 3. The minimum Gasteiger partial charge on any atom is -0.493 e. The SMILES string of the molecule is COc1cc(C(=O)NCC(=O)N2CC3CCC(N)C3C2)cc(OC)c1OC.Cl. The lowest BCUT2D eigenvalue weighted by Gasteiger charge is -2.19. The van der Waals surface area contributed by atoms with Crippen LogP contribution in [-0.2, 0) is 4.79 Å². The number of fused-ring (bicyclic) bond motifs is 1. The number of halogens is 1. The molecule has 1 aliphatic heterocycles. The van der Waals surface area contributed by atoms with Gasteiger partial charge in [0.05, 0.1) is 27.9 Å². The van der Waals surface area contributed by atoms with Crippen molar-refractivity contribution in [2.75, 3.05) is 41.0 Å². The molecule has 0 aromatic heterocycles. The zero-order chi connectivity index (χ0) is 19.6. The summed E-state index contributed by atoms with van der Waals surface area (Å²) < 4.78 is 15.8. The molecule has 1 saturated carbocycles. The number of nitrogens with two attached hydrogens (primary N) is 1. The maximum Gasteiger partial charge on any atom is 0.251 e. The van der Waals surface area contributed by atoms with Crippen molar-refractivity contribution in [3.8, 4) is 17.2 Å². The van der Waals surface area contributed by atoms with Crippen molar-refractivity contribution in [3.05, 3.63) is 17.7 Å². The highest BCUT2D eigenvalue weighted by molar-refractivity contribution is 5.97. The fraction of sp³-hybridized carbons (Fsp3) is 0.579. The van der Waals surface area contributed by atoms with Gasteiger partial charge in [-0.15, -0.1) is 12.4 Å². The van der Waals surface area contributed by atoms with Crippen molar-refractivity contribution in [3.63, 3.8) is 0 Å². The molecule has 0 radical (unpaired) electrons. The van der Waals surface area contributed by atoms with Crippen LogP contribution in [0.1, 0.15) is 23.2 Å². The molecule has 9 heteroatoms. The summed E-state index contributed by atoms with van der Waals surface area (Å²) >= 11 is 0. The molecule has 28 heavy (non-hydrogen) atoms. The van der Waals surface area contributed by atoms with Gasteiger partial charge in [0, 0.05) is 24.7 Å². The van der Waals surface area contributed by atoms with Gasteiger partial charge < -0.3 is 30.2 Å². The van der Waals surface area contributed by atoms with Crippen LogP contribution < -0.4 is 25.3 Å². The molecule has 2 amide bonds. The summed E-state index contributed by atoms with van der Waals surface area (Å²) in [6.07, 6.45) is 2.11. The number of benzene rings is 1. The monoisotopic (exact) mass is 413 g/mol. The predicted molar refractivity (Wildman–Crippen MR) is 106 cm³/mol. The van der Waals surface area contributed by atoms with Crippen molar-refractivity contribution in [1.82, 2.24) is 10.2 Å². The first-order valence-corrected chi connectivity index (χ1v) is 9.10. The van der Waals surface area contributed by atoms with Gasteiger partial charge in [-0.1, -0.05) is 0 Å². The van der Waals surface area contributed by atoms with Crippen LogP contribution in [0.25, 0.3) is 0 Å². The molecule has 1 heterocycles. The first kappa shape index (κ1) is 22.1. The van der Waals surface area contributed by atoms with Gasteiger partial charge in [-0.2, -0.15) is 0 Å². The average molecular weight is 414 g/mol. The molecule has 3 rings (SSSR count). The van der Waals surface area contributed by atoms with E-state index in [2.05, 4.69) is 5.32 Å². The zero-order valence-electron chi connectivity index (χ0n) is 16.4. The molecule has 2 fully saturated rings. The fourth-order valence-electron chi connectivity index (χ4n) is 4.09. The van der Waals surface area contributed by atoms with Crippen molar-refractivity contribution < 1.29 is 23.8 Å². The van der Waals surface area contributed by atoms with E-state index in [1.54, 1.807) is 12.1 Å². The van der Waals surface area contributed by atoms with Gasteiger partial charge in [0.15, 0.2) is 11.5 Å². The molecule has 2 aliphatic rings. The third-order valence-corrected chi connectivity index (χ3v) is 5.59. The lowest BCUT2D eigenvalue weighted by molar-refractivity contribution is -0.129. The van der Waals surface area contributed by atoms with Crippen molar-refractivity contribution in [2.45, 2.75) is 18.9 Å². The molecule has 156 valence electrons. The number of methoxy groups -OCH3 is 3. The second-order valence-corrected chi connectivity index (χ2v) is 7.06. The van der Waals surface area contributed by atoms with E-state index < -0.39 is 0 Å². The molecular formula is C19H28ClN3O5. The molecule has 1 aromatic rings. The highest BCUT2D eigenvalue weighted by atomic mass is 35.5. The van der Waals surface area contributed by atoms with Crippen LogP contribution in [0, 0.1) is 11.8 Å². The van der Waals surface area contributed by atoms with Gasteiger partial charge in [-0.25, -0.2) is 0 Å². The van der Waals surface area contributed by atoms with E-state index in [0.717, 1.165) is 19.4 Å². The van der Waals surface area contributed by atoms with E-state index in [-0.39, 0.29) is 36.8 Å². The predicted octanol–water partition coefficient (Wildman–Crippen LogP) is 1.06. The number of carbonyl (C=O) groups excluding carboxylic acids is 2. The topological polar surface area (TPSA) is 103 Å². The number of rotatable bonds is 6. The molecule has 3 atom stereocenters. The van der Waals surface area contributed by atoms with Gasteiger partial charge >= 0.3 is 0 Å². The van der Waals surface area contributed by atoms with E-state index in [9.17, 15) is 9.59 Å². The number of hydrogen-bond acceptors (Lipinski definition) is 6. The summed E-state index contributed by atoms with van der Waals surface area (Å²) in [5, 5.41) is 2.68. The summed E-state index contributed by atoms with van der Waals surface area (Å²) in [5.74, 6) is 1.60. The Labute approximate surface area is 171 Å². The number of carbonyl (C=O) groups is 2. The minimum atomic E-state index is -0.376. The highest BCUT2D eigenvalue weighted by Gasteiger charge is 2.42. The van der Waals surface area contributed by atoms with Crippen LogP contribution in [0.15, 0.2) is 12.1 Å². The van der Waals surface area contributed by atoms with Crippen molar-refractivity contribution in [1.29, 1.82) is 0 Å². The summed E-state index contributed by atoms with van der Waals surface area (Å²) in [6.45, 7) is 1.37. The molecule has 1 aliphatic carbocycles. The van der Waals surface area contributed by atoms with E-state index in [4.69, 9.17) is 19.9 Å². The van der Waals surface area contributed by atoms with Crippen LogP contribution >= 0.6 is 12.4 Å². The minimum absolute atomic E-state index is 0. The summed E-state index contributed by atoms with van der Waals surface area (Å²) in [4.78, 5) is 26.8. The molecular weight excluding hydrogens is 386 g/mol. The second kappa shape index (κ2) is 9.34. The number of hydrogen-bond donors (Lipinski definition) is 2.